The summed E-state index contributed by atoms with van der Waals surface area (Å²) >= 11 is 1.67. The van der Waals surface area contributed by atoms with E-state index in [2.05, 4.69) is 132 Å². The first-order valence-corrected chi connectivity index (χ1v) is 15.3. The van der Waals surface area contributed by atoms with Gasteiger partial charge in [0.25, 0.3) is 0 Å². The van der Waals surface area contributed by atoms with E-state index >= 15 is 0 Å². The first kappa shape index (κ1) is 32.0. The van der Waals surface area contributed by atoms with E-state index < -0.39 is 0 Å². The number of nitrogens with one attached hydrogen (secondary N) is 1. The van der Waals surface area contributed by atoms with E-state index in [1.807, 2.05) is 19.3 Å². The molecule has 1 aromatic heterocycles. The van der Waals surface area contributed by atoms with Gasteiger partial charge in [0.15, 0.2) is 0 Å². The summed E-state index contributed by atoms with van der Waals surface area (Å²) in [5.74, 6) is 0.976. The molecule has 0 saturated carbocycles. The second-order valence-corrected chi connectivity index (χ2v) is 12.1. The lowest BCUT2D eigenvalue weighted by Gasteiger charge is -2.27. The van der Waals surface area contributed by atoms with E-state index in [0.717, 1.165) is 51.4 Å². The molecule has 3 rings (SSSR count). The van der Waals surface area contributed by atoms with Gasteiger partial charge in [-0.25, -0.2) is 0 Å². The van der Waals surface area contributed by atoms with Crippen LogP contribution in [-0.2, 0) is 6.42 Å². The van der Waals surface area contributed by atoms with Crippen LogP contribution in [0.4, 0.5) is 5.69 Å². The fraction of sp³-hybridized carbons (Fsp3) is 0.289. The molecule has 0 spiro atoms. The molecule has 0 aliphatic heterocycles. The molecule has 0 amide bonds. The zero-order valence-corrected chi connectivity index (χ0v) is 26.8. The van der Waals surface area contributed by atoms with Crippen LogP contribution >= 0.6 is 11.8 Å². The van der Waals surface area contributed by atoms with Crippen molar-refractivity contribution in [1.29, 1.82) is 0 Å². The SMILES string of the molecule is C=C(Nc1cncc(C(=C)S/C(C)=C\C)c1C)C(=C)/C(=C/C(=C\C)C1=CC(C)C(C)C(Cc2ccccc2)=C1)CC. The maximum Gasteiger partial charge on any atom is 0.0606 e. The fourth-order valence-electron chi connectivity index (χ4n) is 4.96. The Morgan fingerprint density at radius 1 is 1.05 bits per heavy atom. The molecule has 2 aromatic rings. The predicted molar refractivity (Wildman–Crippen MR) is 184 cm³/mol. The average Bonchev–Trinajstić information content (AvgIpc) is 2.97. The van der Waals surface area contributed by atoms with Crippen LogP contribution in [0.3, 0.4) is 0 Å². The van der Waals surface area contributed by atoms with E-state index in [9.17, 15) is 0 Å². The zero-order valence-electron chi connectivity index (χ0n) is 26.0. The second-order valence-electron chi connectivity index (χ2n) is 10.8. The molecule has 1 aliphatic rings. The minimum absolute atomic E-state index is 0.467. The Labute approximate surface area is 253 Å². The highest BCUT2D eigenvalue weighted by molar-refractivity contribution is 8.11. The van der Waals surface area contributed by atoms with Crippen LogP contribution in [0.5, 0.6) is 0 Å². The molecule has 0 bridgehead atoms. The van der Waals surface area contributed by atoms with Crippen molar-refractivity contribution < 1.29 is 0 Å². The Kier molecular flexibility index (Phi) is 11.6. The molecule has 2 unspecified atom stereocenters. The zero-order chi connectivity index (χ0) is 30.1. The minimum Gasteiger partial charge on any atom is -0.354 e. The third-order valence-electron chi connectivity index (χ3n) is 8.01. The number of pyridine rings is 1. The standard InChI is InChI=1S/C38H46N2S/c1-11-26(5)41-31(10)37-23-39-24-38(29(37)8)40-30(9)28(7)33(12-2)21-34(13-3)36-19-25(4)27(6)35(22-36)20-32-17-15-14-16-18-32/h11,13-19,21-25,27,40H,7,9-10,12,20H2,1-6,8H3/b26-11-,33-21+,34-13+. The summed E-state index contributed by atoms with van der Waals surface area (Å²) in [6.45, 7) is 28.3. The number of benzene rings is 1. The topological polar surface area (TPSA) is 24.9 Å². The number of nitrogens with zero attached hydrogens (tertiary/aromatic N) is 1. The van der Waals surface area contributed by atoms with Gasteiger partial charge < -0.3 is 5.32 Å². The monoisotopic (exact) mass is 562 g/mol. The van der Waals surface area contributed by atoms with Crippen molar-refractivity contribution in [2.24, 2.45) is 11.8 Å². The fourth-order valence-corrected chi connectivity index (χ4v) is 5.79. The van der Waals surface area contributed by atoms with Crippen molar-refractivity contribution in [3.63, 3.8) is 0 Å². The highest BCUT2D eigenvalue weighted by atomic mass is 32.2. The summed E-state index contributed by atoms with van der Waals surface area (Å²) in [6.07, 6.45) is 16.9. The number of allylic oxidation sites excluding steroid dienone is 10. The van der Waals surface area contributed by atoms with Crippen molar-refractivity contribution in [2.75, 3.05) is 5.32 Å². The van der Waals surface area contributed by atoms with Crippen LogP contribution < -0.4 is 5.32 Å². The van der Waals surface area contributed by atoms with E-state index in [0.29, 0.717) is 11.8 Å². The summed E-state index contributed by atoms with van der Waals surface area (Å²) < 4.78 is 0. The summed E-state index contributed by atoms with van der Waals surface area (Å²) in [5.41, 5.74) is 11.2. The third-order valence-corrected chi connectivity index (χ3v) is 9.03. The van der Waals surface area contributed by atoms with Crippen molar-refractivity contribution in [3.05, 3.63) is 148 Å². The highest BCUT2D eigenvalue weighted by Crippen LogP contribution is 2.37. The number of anilines is 1. The van der Waals surface area contributed by atoms with Gasteiger partial charge in [-0.05, 0) is 90.7 Å². The van der Waals surface area contributed by atoms with Gasteiger partial charge in [-0.1, -0.05) is 119 Å². The maximum absolute atomic E-state index is 4.49. The Hall–Kier alpha value is -3.56. The maximum atomic E-state index is 4.49. The van der Waals surface area contributed by atoms with Crippen LogP contribution in [0.2, 0.25) is 0 Å². The number of thioether (sulfide) groups is 1. The van der Waals surface area contributed by atoms with E-state index in [-0.39, 0.29) is 0 Å². The van der Waals surface area contributed by atoms with Crippen molar-refractivity contribution in [1.82, 2.24) is 4.98 Å². The molecule has 2 nitrogen and oxygen atoms in total. The largest absolute Gasteiger partial charge is 0.354 e. The quantitative estimate of drug-likeness (QED) is 0.260. The first-order chi connectivity index (χ1) is 19.6. The lowest BCUT2D eigenvalue weighted by Crippen LogP contribution is -2.15. The van der Waals surface area contributed by atoms with E-state index in [4.69, 9.17) is 0 Å². The molecular formula is C38H46N2S. The van der Waals surface area contributed by atoms with Crippen LogP contribution in [-0.4, -0.2) is 4.98 Å². The Bertz CT molecular complexity index is 1450. The molecule has 41 heavy (non-hydrogen) atoms. The van der Waals surface area contributed by atoms with Crippen molar-refractivity contribution >= 4 is 22.4 Å². The van der Waals surface area contributed by atoms with Gasteiger partial charge in [-0.3, -0.25) is 4.98 Å². The number of rotatable bonds is 12. The lowest BCUT2D eigenvalue weighted by molar-refractivity contribution is 0.510. The normalized spacial score (nSPS) is 18.0. The van der Waals surface area contributed by atoms with Gasteiger partial charge in [0.05, 0.1) is 11.9 Å². The molecule has 1 heterocycles. The molecule has 2 atom stereocenters. The lowest BCUT2D eigenvalue weighted by atomic mass is 9.78. The third kappa shape index (κ3) is 8.24. The Morgan fingerprint density at radius 3 is 2.39 bits per heavy atom. The number of hydrogen-bond acceptors (Lipinski definition) is 3. The van der Waals surface area contributed by atoms with Crippen LogP contribution in [0.25, 0.3) is 4.91 Å². The van der Waals surface area contributed by atoms with Gasteiger partial charge in [0.1, 0.15) is 0 Å². The molecule has 214 valence electrons. The molecule has 1 aromatic carbocycles. The van der Waals surface area contributed by atoms with E-state index in [1.165, 1.54) is 27.2 Å². The molecule has 0 saturated heterocycles. The summed E-state index contributed by atoms with van der Waals surface area (Å²) in [5, 5.41) is 3.50. The minimum atomic E-state index is 0.467. The van der Waals surface area contributed by atoms with Gasteiger partial charge in [0, 0.05) is 22.4 Å². The average molecular weight is 563 g/mol. The number of aromatic nitrogens is 1. The molecule has 3 heteroatoms. The summed E-state index contributed by atoms with van der Waals surface area (Å²) in [4.78, 5) is 6.68. The molecule has 0 radical (unpaired) electrons. The predicted octanol–water partition coefficient (Wildman–Crippen LogP) is 11.2. The van der Waals surface area contributed by atoms with Gasteiger partial charge in [0.2, 0.25) is 0 Å². The van der Waals surface area contributed by atoms with Gasteiger partial charge >= 0.3 is 0 Å². The Morgan fingerprint density at radius 2 is 1.76 bits per heavy atom. The molecule has 0 fully saturated rings. The van der Waals surface area contributed by atoms with Crippen LogP contribution in [0.15, 0.2) is 131 Å². The highest BCUT2D eigenvalue weighted by Gasteiger charge is 2.22. The van der Waals surface area contributed by atoms with Gasteiger partial charge in [-0.15, -0.1) is 0 Å². The smallest absolute Gasteiger partial charge is 0.0606 e. The number of hydrogen-bond donors (Lipinski definition) is 1. The van der Waals surface area contributed by atoms with E-state index in [1.54, 1.807) is 11.8 Å². The molecular weight excluding hydrogens is 516 g/mol. The second kappa shape index (κ2) is 14.9. The summed E-state index contributed by atoms with van der Waals surface area (Å²) in [7, 11) is 0. The molecule has 1 aliphatic carbocycles. The Balaban J connectivity index is 1.83. The van der Waals surface area contributed by atoms with Crippen molar-refractivity contribution in [3.8, 4) is 0 Å². The van der Waals surface area contributed by atoms with Crippen LogP contribution in [0.1, 0.15) is 64.7 Å². The first-order valence-electron chi connectivity index (χ1n) is 14.5. The van der Waals surface area contributed by atoms with Crippen molar-refractivity contribution in [2.45, 2.75) is 61.3 Å². The van der Waals surface area contributed by atoms with Gasteiger partial charge in [-0.2, -0.15) is 0 Å². The van der Waals surface area contributed by atoms with Crippen LogP contribution in [0, 0.1) is 18.8 Å². The molecule has 1 N–H and O–H groups in total. The summed E-state index contributed by atoms with van der Waals surface area (Å²) in [6, 6.07) is 10.8.